The number of ether oxygens (including phenoxy) is 1. The molecule has 1 aromatic rings. The largest absolute Gasteiger partial charge is 0.493 e. The molecule has 8 nitrogen and oxygen atoms in total. The van der Waals surface area contributed by atoms with Crippen LogP contribution < -0.4 is 14.8 Å². The van der Waals surface area contributed by atoms with Gasteiger partial charge in [-0.3, -0.25) is 10.1 Å². The maximum Gasteiger partial charge on any atom is 0.324 e. The van der Waals surface area contributed by atoms with E-state index in [9.17, 15) is 22.4 Å². The lowest BCUT2D eigenvalue weighted by Crippen LogP contribution is -2.30. The van der Waals surface area contributed by atoms with Crippen molar-refractivity contribution >= 4 is 22.0 Å². The van der Waals surface area contributed by atoms with Gasteiger partial charge in [0.25, 0.3) is 0 Å². The number of sulfonamides is 1. The maximum absolute atomic E-state index is 13.9. The molecule has 1 aliphatic heterocycles. The van der Waals surface area contributed by atoms with Gasteiger partial charge in [0.2, 0.25) is 15.9 Å². The van der Waals surface area contributed by atoms with Crippen molar-refractivity contribution in [3.63, 3.8) is 0 Å². The lowest BCUT2D eigenvalue weighted by atomic mass is 10.1. The minimum atomic E-state index is -3.55. The van der Waals surface area contributed by atoms with E-state index in [-0.39, 0.29) is 18.2 Å². The third kappa shape index (κ3) is 6.94. The van der Waals surface area contributed by atoms with E-state index in [1.54, 1.807) is 13.0 Å². The number of carbonyl (C=O) groups is 2. The summed E-state index contributed by atoms with van der Waals surface area (Å²) in [5.41, 5.74) is 0.508. The Labute approximate surface area is 176 Å². The van der Waals surface area contributed by atoms with E-state index in [0.717, 1.165) is 12.8 Å². The molecule has 2 fully saturated rings. The summed E-state index contributed by atoms with van der Waals surface area (Å²) in [6, 6.07) is 3.29. The first-order valence-corrected chi connectivity index (χ1v) is 11.9. The fourth-order valence-corrected chi connectivity index (χ4v) is 4.62. The van der Waals surface area contributed by atoms with Gasteiger partial charge in [0, 0.05) is 18.7 Å². The standard InChI is InChI=1S/C20H28FN3O5S/c1-14(16-9-17(21)11-18(10-16)29-13-15-5-6-15)23-30(27,28)8-4-2-3-7-24-12-19(25)22-20(24)26/h9-11,14-15,23H,2-8,12-13H2,1H3,(H,22,25,26). The Hall–Kier alpha value is -2.20. The van der Waals surface area contributed by atoms with Crippen molar-refractivity contribution in [2.45, 2.75) is 45.1 Å². The summed E-state index contributed by atoms with van der Waals surface area (Å²) in [5, 5.41) is 2.20. The van der Waals surface area contributed by atoms with Gasteiger partial charge < -0.3 is 9.64 Å². The van der Waals surface area contributed by atoms with E-state index in [4.69, 9.17) is 4.74 Å². The molecular weight excluding hydrogens is 413 g/mol. The molecule has 1 saturated carbocycles. The molecule has 1 aromatic carbocycles. The van der Waals surface area contributed by atoms with Crippen LogP contribution in [0.2, 0.25) is 0 Å². The molecule has 1 aliphatic carbocycles. The van der Waals surface area contributed by atoms with Crippen LogP contribution in [0.5, 0.6) is 5.75 Å². The molecule has 3 rings (SSSR count). The molecule has 166 valence electrons. The summed E-state index contributed by atoms with van der Waals surface area (Å²) in [4.78, 5) is 24.0. The van der Waals surface area contributed by atoms with Crippen molar-refractivity contribution in [2.24, 2.45) is 5.92 Å². The smallest absolute Gasteiger partial charge is 0.324 e. The highest BCUT2D eigenvalue weighted by Crippen LogP contribution is 2.30. The topological polar surface area (TPSA) is 105 Å². The summed E-state index contributed by atoms with van der Waals surface area (Å²) < 4.78 is 46.8. The van der Waals surface area contributed by atoms with Crippen LogP contribution in [0.1, 0.15) is 50.6 Å². The van der Waals surface area contributed by atoms with Gasteiger partial charge in [-0.15, -0.1) is 0 Å². The maximum atomic E-state index is 13.9. The quantitative estimate of drug-likeness (QED) is 0.383. The first-order chi connectivity index (χ1) is 14.2. The van der Waals surface area contributed by atoms with Crippen molar-refractivity contribution in [3.8, 4) is 5.75 Å². The Morgan fingerprint density at radius 1 is 1.23 bits per heavy atom. The molecule has 1 atom stereocenters. The fraction of sp³-hybridized carbons (Fsp3) is 0.600. The van der Waals surface area contributed by atoms with Gasteiger partial charge >= 0.3 is 6.03 Å². The van der Waals surface area contributed by atoms with E-state index >= 15 is 0 Å². The van der Waals surface area contributed by atoms with Gasteiger partial charge in [-0.1, -0.05) is 6.42 Å². The number of halogens is 1. The average molecular weight is 442 g/mol. The van der Waals surface area contributed by atoms with Crippen LogP contribution in [-0.2, 0) is 14.8 Å². The SMILES string of the molecule is CC(NS(=O)(=O)CCCCCN1CC(=O)NC1=O)c1cc(F)cc(OCC2CC2)c1. The zero-order valence-electron chi connectivity index (χ0n) is 17.0. The predicted octanol–water partition coefficient (Wildman–Crippen LogP) is 2.32. The van der Waals surface area contributed by atoms with E-state index in [1.165, 1.54) is 17.0 Å². The molecule has 0 bridgehead atoms. The number of carbonyl (C=O) groups excluding carboxylic acids is 2. The molecule has 30 heavy (non-hydrogen) atoms. The number of rotatable bonds is 12. The van der Waals surface area contributed by atoms with E-state index in [2.05, 4.69) is 10.0 Å². The lowest BCUT2D eigenvalue weighted by Gasteiger charge is -2.16. The van der Waals surface area contributed by atoms with Gasteiger partial charge in [0.15, 0.2) is 0 Å². The van der Waals surface area contributed by atoms with Crippen molar-refractivity contribution in [1.29, 1.82) is 0 Å². The van der Waals surface area contributed by atoms with Crippen molar-refractivity contribution in [3.05, 3.63) is 29.6 Å². The zero-order valence-corrected chi connectivity index (χ0v) is 17.8. The molecule has 2 N–H and O–H groups in total. The monoisotopic (exact) mass is 441 g/mol. The number of unbranched alkanes of at least 4 members (excludes halogenated alkanes) is 2. The highest BCUT2D eigenvalue weighted by Gasteiger charge is 2.26. The van der Waals surface area contributed by atoms with E-state index in [1.807, 2.05) is 0 Å². The molecular formula is C20H28FN3O5S. The number of amides is 3. The molecule has 1 heterocycles. The minimum Gasteiger partial charge on any atom is -0.493 e. The van der Waals surface area contributed by atoms with Crippen molar-refractivity contribution in [2.75, 3.05) is 25.4 Å². The third-order valence-corrected chi connectivity index (χ3v) is 6.68. The number of nitrogens with one attached hydrogen (secondary N) is 2. The van der Waals surface area contributed by atoms with Crippen LogP contribution in [-0.4, -0.2) is 50.7 Å². The first-order valence-electron chi connectivity index (χ1n) is 10.2. The van der Waals surface area contributed by atoms with Crippen LogP contribution in [0.3, 0.4) is 0 Å². The number of urea groups is 1. The van der Waals surface area contributed by atoms with Gasteiger partial charge in [-0.05, 0) is 56.2 Å². The van der Waals surface area contributed by atoms with Crippen LogP contribution in [0.25, 0.3) is 0 Å². The van der Waals surface area contributed by atoms with Crippen molar-refractivity contribution < 1.29 is 27.1 Å². The third-order valence-electron chi connectivity index (χ3n) is 5.14. The highest BCUT2D eigenvalue weighted by atomic mass is 32.2. The number of nitrogens with zero attached hydrogens (tertiary/aromatic N) is 1. The van der Waals surface area contributed by atoms with Crippen LogP contribution >= 0.6 is 0 Å². The number of hydrogen-bond donors (Lipinski definition) is 2. The lowest BCUT2D eigenvalue weighted by molar-refractivity contribution is -0.118. The summed E-state index contributed by atoms with van der Waals surface area (Å²) in [6.07, 6.45) is 3.89. The van der Waals surface area contributed by atoms with Gasteiger partial charge in [0.05, 0.1) is 12.4 Å². The number of benzene rings is 1. The number of imide groups is 1. The Bertz CT molecular complexity index is 888. The van der Waals surface area contributed by atoms with Crippen LogP contribution in [0, 0.1) is 11.7 Å². The van der Waals surface area contributed by atoms with Gasteiger partial charge in [0.1, 0.15) is 18.1 Å². The summed E-state index contributed by atoms with van der Waals surface area (Å²) in [6.45, 7) is 2.68. The zero-order chi connectivity index (χ0) is 21.7. The minimum absolute atomic E-state index is 0.0518. The second-order valence-corrected chi connectivity index (χ2v) is 9.84. The van der Waals surface area contributed by atoms with Crippen LogP contribution in [0.15, 0.2) is 18.2 Å². The van der Waals surface area contributed by atoms with Gasteiger partial charge in [-0.2, -0.15) is 0 Å². The Balaban J connectivity index is 1.42. The average Bonchev–Trinajstić information content (AvgIpc) is 3.43. The normalized spacial score (nSPS) is 17.9. The van der Waals surface area contributed by atoms with Gasteiger partial charge in [-0.25, -0.2) is 22.3 Å². The van der Waals surface area contributed by atoms with Crippen molar-refractivity contribution in [1.82, 2.24) is 14.9 Å². The Morgan fingerprint density at radius 3 is 2.67 bits per heavy atom. The van der Waals surface area contributed by atoms with Crippen LogP contribution in [0.4, 0.5) is 9.18 Å². The van der Waals surface area contributed by atoms with E-state index in [0.29, 0.717) is 49.6 Å². The predicted molar refractivity (Wildman–Crippen MR) is 109 cm³/mol. The second kappa shape index (κ2) is 9.74. The summed E-state index contributed by atoms with van der Waals surface area (Å²) in [7, 11) is -3.55. The fourth-order valence-electron chi connectivity index (χ4n) is 3.25. The highest BCUT2D eigenvalue weighted by molar-refractivity contribution is 7.89. The molecule has 0 radical (unpaired) electrons. The first kappa shape index (κ1) is 22.5. The molecule has 3 amide bonds. The Kier molecular flexibility index (Phi) is 7.30. The molecule has 2 aliphatic rings. The molecule has 0 aromatic heterocycles. The molecule has 1 saturated heterocycles. The molecule has 0 spiro atoms. The number of hydrogen-bond acceptors (Lipinski definition) is 5. The molecule has 10 heteroatoms. The van der Waals surface area contributed by atoms with E-state index < -0.39 is 27.9 Å². The summed E-state index contributed by atoms with van der Waals surface area (Å²) in [5.74, 6) is 0.0939. The summed E-state index contributed by atoms with van der Waals surface area (Å²) >= 11 is 0. The second-order valence-electron chi connectivity index (χ2n) is 7.97. The molecule has 1 unspecified atom stereocenters. The Morgan fingerprint density at radius 2 is 2.00 bits per heavy atom.